The first-order valence-corrected chi connectivity index (χ1v) is 9.01. The number of carbonyl (C=O) groups is 1. The van der Waals surface area contributed by atoms with Gasteiger partial charge in [-0.1, -0.05) is 23.7 Å². The summed E-state index contributed by atoms with van der Waals surface area (Å²) in [6.45, 7) is 1.98. The van der Waals surface area contributed by atoms with E-state index in [9.17, 15) is 14.9 Å². The van der Waals surface area contributed by atoms with Crippen molar-refractivity contribution >= 4 is 40.0 Å². The van der Waals surface area contributed by atoms with Crippen LogP contribution in [0.2, 0.25) is 5.02 Å². The van der Waals surface area contributed by atoms with Crippen molar-refractivity contribution in [1.29, 1.82) is 0 Å². The summed E-state index contributed by atoms with van der Waals surface area (Å²) in [6.07, 6.45) is 0. The van der Waals surface area contributed by atoms with Gasteiger partial charge >= 0.3 is 0 Å². The van der Waals surface area contributed by atoms with E-state index in [1.165, 1.54) is 12.1 Å². The third-order valence-electron chi connectivity index (χ3n) is 4.32. The summed E-state index contributed by atoms with van der Waals surface area (Å²) in [5.41, 5.74) is 3.51. The van der Waals surface area contributed by atoms with Crippen LogP contribution in [0.15, 0.2) is 65.1 Å². The molecular weight excluding hydrogens is 394 g/mol. The monoisotopic (exact) mass is 407 g/mol. The number of nitrogens with zero attached hydrogens (tertiary/aromatic N) is 2. The number of fused-ring (bicyclic) bond motifs is 1. The molecule has 1 N–H and O–H groups in total. The lowest BCUT2D eigenvalue weighted by Gasteiger charge is -2.07. The van der Waals surface area contributed by atoms with Gasteiger partial charge in [0.15, 0.2) is 5.58 Å². The summed E-state index contributed by atoms with van der Waals surface area (Å²) in [5.74, 6) is -0.0565. The molecule has 0 aliphatic carbocycles. The van der Waals surface area contributed by atoms with Crippen LogP contribution in [-0.4, -0.2) is 15.8 Å². The Morgan fingerprint density at radius 3 is 2.76 bits per heavy atom. The Labute approximate surface area is 170 Å². The van der Waals surface area contributed by atoms with Gasteiger partial charge in [0.1, 0.15) is 10.5 Å². The SMILES string of the molecule is Cc1ccc2oc(-c3cccc(NC(=O)c4ccc(Cl)c([N+](=O)[O-])c4)c3)nc2c1. The van der Waals surface area contributed by atoms with E-state index in [0.717, 1.165) is 17.1 Å². The molecule has 8 heteroatoms. The van der Waals surface area contributed by atoms with E-state index in [4.69, 9.17) is 16.0 Å². The predicted molar refractivity (Wildman–Crippen MR) is 110 cm³/mol. The second-order valence-electron chi connectivity index (χ2n) is 6.45. The molecule has 144 valence electrons. The van der Waals surface area contributed by atoms with E-state index >= 15 is 0 Å². The Kier molecular flexibility index (Phi) is 4.74. The predicted octanol–water partition coefficient (Wildman–Crippen LogP) is 5.62. The molecule has 4 aromatic rings. The minimum absolute atomic E-state index is 0.0280. The number of halogens is 1. The molecule has 4 rings (SSSR count). The molecule has 0 radical (unpaired) electrons. The van der Waals surface area contributed by atoms with Gasteiger partial charge in [0, 0.05) is 22.9 Å². The lowest BCUT2D eigenvalue weighted by molar-refractivity contribution is -0.384. The first-order valence-electron chi connectivity index (χ1n) is 8.63. The van der Waals surface area contributed by atoms with Crippen LogP contribution in [0.4, 0.5) is 11.4 Å². The van der Waals surface area contributed by atoms with Gasteiger partial charge in [-0.15, -0.1) is 0 Å². The van der Waals surface area contributed by atoms with Crippen LogP contribution in [0, 0.1) is 17.0 Å². The Balaban J connectivity index is 1.61. The molecule has 0 spiro atoms. The molecular formula is C21H14ClN3O4. The number of amides is 1. The maximum absolute atomic E-state index is 12.5. The van der Waals surface area contributed by atoms with Crippen molar-refractivity contribution in [3.8, 4) is 11.5 Å². The second kappa shape index (κ2) is 7.37. The molecule has 0 aliphatic heterocycles. The molecule has 0 unspecified atom stereocenters. The van der Waals surface area contributed by atoms with Crippen LogP contribution in [0.25, 0.3) is 22.6 Å². The number of carbonyl (C=O) groups excluding carboxylic acids is 1. The average Bonchev–Trinajstić information content (AvgIpc) is 3.11. The number of hydrogen-bond acceptors (Lipinski definition) is 5. The lowest BCUT2D eigenvalue weighted by Crippen LogP contribution is -2.12. The third kappa shape index (κ3) is 3.81. The highest BCUT2D eigenvalue weighted by Gasteiger charge is 2.17. The van der Waals surface area contributed by atoms with Crippen molar-refractivity contribution in [2.45, 2.75) is 6.92 Å². The quantitative estimate of drug-likeness (QED) is 0.350. The van der Waals surface area contributed by atoms with Crippen LogP contribution in [0.1, 0.15) is 15.9 Å². The van der Waals surface area contributed by atoms with Gasteiger partial charge in [-0.3, -0.25) is 14.9 Å². The van der Waals surface area contributed by atoms with Gasteiger partial charge in [0.25, 0.3) is 11.6 Å². The van der Waals surface area contributed by atoms with Crippen molar-refractivity contribution in [2.24, 2.45) is 0 Å². The summed E-state index contributed by atoms with van der Waals surface area (Å²) < 4.78 is 5.80. The average molecular weight is 408 g/mol. The van der Waals surface area contributed by atoms with Gasteiger partial charge in [-0.2, -0.15) is 0 Å². The minimum atomic E-state index is -0.630. The molecule has 3 aromatic carbocycles. The number of rotatable bonds is 4. The number of aryl methyl sites for hydroxylation is 1. The number of benzene rings is 3. The largest absolute Gasteiger partial charge is 0.436 e. The molecule has 0 fully saturated rings. The van der Waals surface area contributed by atoms with Crippen LogP contribution in [0.3, 0.4) is 0 Å². The van der Waals surface area contributed by atoms with Crippen molar-refractivity contribution in [1.82, 2.24) is 4.98 Å². The highest BCUT2D eigenvalue weighted by Crippen LogP contribution is 2.28. The summed E-state index contributed by atoms with van der Waals surface area (Å²) >= 11 is 5.80. The van der Waals surface area contributed by atoms with Crippen molar-refractivity contribution in [3.05, 3.63) is 86.9 Å². The molecule has 1 aromatic heterocycles. The van der Waals surface area contributed by atoms with Crippen LogP contribution in [0.5, 0.6) is 0 Å². The number of hydrogen-bond donors (Lipinski definition) is 1. The third-order valence-corrected chi connectivity index (χ3v) is 4.64. The van der Waals surface area contributed by atoms with E-state index in [1.807, 2.05) is 31.2 Å². The molecule has 0 atom stereocenters. The smallest absolute Gasteiger partial charge is 0.288 e. The number of nitro benzene ring substituents is 1. The minimum Gasteiger partial charge on any atom is -0.436 e. The maximum Gasteiger partial charge on any atom is 0.288 e. The summed E-state index contributed by atoms with van der Waals surface area (Å²) in [7, 11) is 0. The van der Waals surface area contributed by atoms with E-state index in [1.54, 1.807) is 18.2 Å². The van der Waals surface area contributed by atoms with Crippen molar-refractivity contribution < 1.29 is 14.1 Å². The highest BCUT2D eigenvalue weighted by atomic mass is 35.5. The lowest BCUT2D eigenvalue weighted by atomic mass is 10.1. The van der Waals surface area contributed by atoms with E-state index in [-0.39, 0.29) is 16.3 Å². The van der Waals surface area contributed by atoms with Gasteiger partial charge in [-0.05, 0) is 55.0 Å². The Hall–Kier alpha value is -3.71. The molecule has 0 saturated carbocycles. The van der Waals surface area contributed by atoms with Crippen molar-refractivity contribution in [2.75, 3.05) is 5.32 Å². The molecule has 29 heavy (non-hydrogen) atoms. The zero-order chi connectivity index (χ0) is 20.5. The molecule has 7 nitrogen and oxygen atoms in total. The maximum atomic E-state index is 12.5. The number of nitro groups is 1. The topological polar surface area (TPSA) is 98.3 Å². The summed E-state index contributed by atoms with van der Waals surface area (Å²) in [4.78, 5) is 27.4. The Bertz CT molecular complexity index is 1270. The number of nitrogens with one attached hydrogen (secondary N) is 1. The fourth-order valence-electron chi connectivity index (χ4n) is 2.89. The number of aromatic nitrogens is 1. The van der Waals surface area contributed by atoms with Crippen molar-refractivity contribution in [3.63, 3.8) is 0 Å². The molecule has 0 bridgehead atoms. The number of anilines is 1. The summed E-state index contributed by atoms with van der Waals surface area (Å²) in [5, 5.41) is 13.7. The first-order chi connectivity index (χ1) is 13.9. The van der Waals surface area contributed by atoms with E-state index in [2.05, 4.69) is 10.3 Å². The zero-order valence-electron chi connectivity index (χ0n) is 15.2. The first kappa shape index (κ1) is 18.6. The van der Waals surface area contributed by atoms with Gasteiger partial charge in [0.2, 0.25) is 5.89 Å². The molecule has 1 heterocycles. The standard InChI is InChI=1S/C21H14ClN3O4/c1-12-5-8-19-17(9-12)24-21(29-19)14-3-2-4-15(10-14)23-20(26)13-6-7-16(22)18(11-13)25(27)28/h2-11H,1H3,(H,23,26). The van der Waals surface area contributed by atoms with Crippen LogP contribution >= 0.6 is 11.6 Å². The molecule has 0 aliphatic rings. The molecule has 1 amide bonds. The second-order valence-corrected chi connectivity index (χ2v) is 6.86. The normalized spacial score (nSPS) is 10.8. The van der Waals surface area contributed by atoms with E-state index in [0.29, 0.717) is 22.7 Å². The number of oxazole rings is 1. The van der Waals surface area contributed by atoms with Crippen LogP contribution < -0.4 is 5.32 Å². The zero-order valence-corrected chi connectivity index (χ0v) is 15.9. The highest BCUT2D eigenvalue weighted by molar-refractivity contribution is 6.32. The summed E-state index contributed by atoms with van der Waals surface area (Å²) in [6, 6.07) is 16.6. The molecule has 0 saturated heterocycles. The Morgan fingerprint density at radius 2 is 1.97 bits per heavy atom. The van der Waals surface area contributed by atoms with Gasteiger partial charge < -0.3 is 9.73 Å². The van der Waals surface area contributed by atoms with Crippen LogP contribution in [-0.2, 0) is 0 Å². The van der Waals surface area contributed by atoms with Gasteiger partial charge in [0.05, 0.1) is 4.92 Å². The van der Waals surface area contributed by atoms with E-state index < -0.39 is 10.8 Å². The Morgan fingerprint density at radius 1 is 1.14 bits per heavy atom. The fraction of sp³-hybridized carbons (Fsp3) is 0.0476. The fourth-order valence-corrected chi connectivity index (χ4v) is 3.07. The van der Waals surface area contributed by atoms with Gasteiger partial charge in [-0.25, -0.2) is 4.98 Å².